The van der Waals surface area contributed by atoms with Crippen molar-refractivity contribution >= 4 is 11.8 Å². The number of rotatable bonds is 8. The van der Waals surface area contributed by atoms with Crippen molar-refractivity contribution in [2.75, 3.05) is 19.6 Å². The van der Waals surface area contributed by atoms with E-state index in [1.807, 2.05) is 6.07 Å². The highest BCUT2D eigenvalue weighted by atomic mass is 32.2. The second kappa shape index (κ2) is 7.11. The molecule has 1 aromatic rings. The van der Waals surface area contributed by atoms with Crippen LogP contribution in [0.4, 0.5) is 8.78 Å². The molecule has 1 aliphatic heterocycles. The van der Waals surface area contributed by atoms with E-state index in [2.05, 4.69) is 10.2 Å². The minimum absolute atomic E-state index is 0.233. The van der Waals surface area contributed by atoms with E-state index in [1.54, 1.807) is 6.07 Å². The average molecular weight is 316 g/mol. The Morgan fingerprint density at radius 3 is 2.86 bits per heavy atom. The molecule has 1 aromatic heterocycles. The minimum atomic E-state index is -2.34. The highest BCUT2D eigenvalue weighted by molar-refractivity contribution is 7.98. The quantitative estimate of drug-likeness (QED) is 0.796. The number of nitrogens with zero attached hydrogens (tertiary/aromatic N) is 1. The zero-order valence-corrected chi connectivity index (χ0v) is 12.9. The third kappa shape index (κ3) is 4.69. The normalized spacial score (nSPS) is 23.3. The molecule has 118 valence electrons. The first-order valence-corrected chi connectivity index (χ1v) is 8.67. The molecule has 0 aromatic carbocycles. The first-order chi connectivity index (χ1) is 10.2. The molecule has 3 rings (SSSR count). The maximum absolute atomic E-state index is 12.1. The van der Waals surface area contributed by atoms with Crippen molar-refractivity contribution in [2.45, 2.75) is 43.4 Å². The van der Waals surface area contributed by atoms with Crippen molar-refractivity contribution in [3.05, 3.63) is 23.7 Å². The summed E-state index contributed by atoms with van der Waals surface area (Å²) in [5, 5.41) is 3.43. The summed E-state index contributed by atoms with van der Waals surface area (Å²) in [5.74, 6) is 0.0778. The summed E-state index contributed by atoms with van der Waals surface area (Å²) in [6.45, 7) is 4.14. The van der Waals surface area contributed by atoms with Crippen LogP contribution < -0.4 is 5.32 Å². The Kier molecular flexibility index (Phi) is 5.19. The zero-order valence-electron chi connectivity index (χ0n) is 12.1. The Morgan fingerprint density at radius 2 is 2.10 bits per heavy atom. The van der Waals surface area contributed by atoms with Crippen molar-refractivity contribution in [1.82, 2.24) is 10.2 Å². The van der Waals surface area contributed by atoms with Gasteiger partial charge in [-0.25, -0.2) is 0 Å². The number of likely N-dealkylation sites (tertiary alicyclic amines) is 1. The highest BCUT2D eigenvalue weighted by Crippen LogP contribution is 2.31. The third-order valence-electron chi connectivity index (χ3n) is 4.18. The molecule has 1 atom stereocenters. The van der Waals surface area contributed by atoms with Crippen molar-refractivity contribution in [2.24, 2.45) is 5.92 Å². The van der Waals surface area contributed by atoms with E-state index in [1.165, 1.54) is 32.4 Å². The van der Waals surface area contributed by atoms with Gasteiger partial charge in [0.05, 0.1) is 12.3 Å². The molecule has 1 saturated carbocycles. The van der Waals surface area contributed by atoms with Crippen LogP contribution in [-0.2, 0) is 12.3 Å². The van der Waals surface area contributed by atoms with Crippen LogP contribution in [0.2, 0.25) is 0 Å². The molecular formula is C15H22F2N2OS. The Bertz CT molecular complexity index is 451. The molecule has 2 fully saturated rings. The largest absolute Gasteiger partial charge is 0.464 e. The summed E-state index contributed by atoms with van der Waals surface area (Å²) in [7, 11) is 0. The number of alkyl halides is 2. The Labute approximate surface area is 128 Å². The van der Waals surface area contributed by atoms with Gasteiger partial charge in [-0.15, -0.1) is 0 Å². The van der Waals surface area contributed by atoms with Gasteiger partial charge in [0.2, 0.25) is 0 Å². The van der Waals surface area contributed by atoms with Gasteiger partial charge in [0.15, 0.2) is 0 Å². The molecule has 1 aliphatic carbocycles. The van der Waals surface area contributed by atoms with Gasteiger partial charge >= 0.3 is 0 Å². The maximum atomic E-state index is 12.1. The molecule has 0 spiro atoms. The summed E-state index contributed by atoms with van der Waals surface area (Å²) >= 11 is 0.598. The Balaban J connectivity index is 1.33. The highest BCUT2D eigenvalue weighted by Gasteiger charge is 2.33. The van der Waals surface area contributed by atoms with E-state index in [4.69, 9.17) is 4.42 Å². The van der Waals surface area contributed by atoms with Crippen molar-refractivity contribution < 1.29 is 13.2 Å². The number of thioether (sulfide) groups is 1. The molecule has 0 radical (unpaired) electrons. The fraction of sp³-hybridized carbons (Fsp3) is 0.733. The summed E-state index contributed by atoms with van der Waals surface area (Å²) in [4.78, 5) is 2.61. The number of furan rings is 1. The number of halogens is 2. The van der Waals surface area contributed by atoms with E-state index < -0.39 is 5.76 Å². The van der Waals surface area contributed by atoms with Crippen LogP contribution in [0.15, 0.2) is 16.5 Å². The van der Waals surface area contributed by atoms with Crippen LogP contribution in [0, 0.1) is 5.92 Å². The number of hydrogen-bond donors (Lipinski definition) is 1. The molecule has 1 saturated heterocycles. The van der Waals surface area contributed by atoms with E-state index in [0.29, 0.717) is 24.1 Å². The van der Waals surface area contributed by atoms with Gasteiger partial charge < -0.3 is 14.6 Å². The molecule has 3 nitrogen and oxygen atoms in total. The Morgan fingerprint density at radius 1 is 1.29 bits per heavy atom. The monoisotopic (exact) mass is 316 g/mol. The summed E-state index contributed by atoms with van der Waals surface area (Å²) in [6, 6.07) is 4.53. The van der Waals surface area contributed by atoms with Crippen molar-refractivity contribution in [1.29, 1.82) is 0 Å². The van der Waals surface area contributed by atoms with Gasteiger partial charge in [0.1, 0.15) is 11.5 Å². The summed E-state index contributed by atoms with van der Waals surface area (Å²) in [6.07, 6.45) is 4.04. The molecular weight excluding hydrogens is 294 g/mol. The summed E-state index contributed by atoms with van der Waals surface area (Å²) in [5.41, 5.74) is 0. The van der Waals surface area contributed by atoms with Crippen molar-refractivity contribution in [3.63, 3.8) is 0 Å². The minimum Gasteiger partial charge on any atom is -0.464 e. The first kappa shape index (κ1) is 15.3. The van der Waals surface area contributed by atoms with Gasteiger partial charge in [-0.05, 0) is 50.4 Å². The molecule has 6 heteroatoms. The van der Waals surface area contributed by atoms with Crippen LogP contribution in [0.1, 0.15) is 30.8 Å². The maximum Gasteiger partial charge on any atom is 0.284 e. The predicted octanol–water partition coefficient (Wildman–Crippen LogP) is 3.31. The van der Waals surface area contributed by atoms with Crippen LogP contribution in [-0.4, -0.2) is 36.3 Å². The summed E-state index contributed by atoms with van der Waals surface area (Å²) < 4.78 is 29.7. The number of nitrogens with one attached hydrogen (secondary N) is 1. The van der Waals surface area contributed by atoms with E-state index in [0.717, 1.165) is 24.3 Å². The van der Waals surface area contributed by atoms with Gasteiger partial charge in [-0.1, -0.05) is 11.8 Å². The smallest absolute Gasteiger partial charge is 0.284 e. The molecule has 1 N–H and O–H groups in total. The lowest BCUT2D eigenvalue weighted by molar-refractivity contribution is 0.251. The molecule has 2 aliphatic rings. The fourth-order valence-electron chi connectivity index (χ4n) is 2.94. The fourth-order valence-corrected chi connectivity index (χ4v) is 3.39. The van der Waals surface area contributed by atoms with E-state index in [-0.39, 0.29) is 5.75 Å². The van der Waals surface area contributed by atoms with Crippen LogP contribution in [0.25, 0.3) is 0 Å². The van der Waals surface area contributed by atoms with Crippen LogP contribution >= 0.6 is 11.8 Å². The van der Waals surface area contributed by atoms with Crippen molar-refractivity contribution in [3.8, 4) is 0 Å². The molecule has 2 heterocycles. The standard InChI is InChI=1S/C15H22F2N2OS/c16-15(17)21-10-14-4-3-13(20-14)8-18-7-11-5-6-19(9-11)12-1-2-12/h3-4,11-12,15,18H,1-2,5-10H2. The van der Waals surface area contributed by atoms with Gasteiger partial charge in [-0.3, -0.25) is 0 Å². The Hall–Kier alpha value is -0.590. The molecule has 21 heavy (non-hydrogen) atoms. The molecule has 1 unspecified atom stereocenters. The lowest BCUT2D eigenvalue weighted by atomic mass is 10.1. The van der Waals surface area contributed by atoms with Gasteiger partial charge in [-0.2, -0.15) is 8.78 Å². The lowest BCUT2D eigenvalue weighted by Crippen LogP contribution is -2.27. The number of hydrogen-bond acceptors (Lipinski definition) is 4. The van der Waals surface area contributed by atoms with Crippen LogP contribution in [0.3, 0.4) is 0 Å². The second-order valence-electron chi connectivity index (χ2n) is 5.95. The molecule has 0 bridgehead atoms. The topological polar surface area (TPSA) is 28.4 Å². The predicted molar refractivity (Wildman–Crippen MR) is 80.4 cm³/mol. The molecule has 0 amide bonds. The SMILES string of the molecule is FC(F)SCc1ccc(CNCC2CCN(C3CC3)C2)o1. The average Bonchev–Trinajstić information content (AvgIpc) is 3.03. The van der Waals surface area contributed by atoms with Crippen LogP contribution in [0.5, 0.6) is 0 Å². The lowest BCUT2D eigenvalue weighted by Gasteiger charge is -2.14. The van der Waals surface area contributed by atoms with E-state index >= 15 is 0 Å². The zero-order chi connectivity index (χ0) is 14.7. The first-order valence-electron chi connectivity index (χ1n) is 7.63. The van der Waals surface area contributed by atoms with E-state index in [9.17, 15) is 8.78 Å². The second-order valence-corrected chi connectivity index (χ2v) is 6.93. The van der Waals surface area contributed by atoms with Gasteiger partial charge in [0.25, 0.3) is 5.76 Å². The van der Waals surface area contributed by atoms with Gasteiger partial charge in [0, 0.05) is 12.6 Å². The third-order valence-corrected chi connectivity index (χ3v) is 4.88.